The molecule has 1 unspecified atom stereocenters. The van der Waals surface area contributed by atoms with Gasteiger partial charge in [0.25, 0.3) is 0 Å². The minimum atomic E-state index is 0.0674. The zero-order valence-corrected chi connectivity index (χ0v) is 35.1. The predicted octanol–water partition coefficient (Wildman–Crippen LogP) is 15.3. The van der Waals surface area contributed by atoms with Gasteiger partial charge in [-0.15, -0.1) is 0 Å². The van der Waals surface area contributed by atoms with Crippen molar-refractivity contribution in [3.05, 3.63) is 223 Å². The average molecular weight is 821 g/mol. The molecule has 5 heteroatoms. The summed E-state index contributed by atoms with van der Waals surface area (Å²) in [5.74, 6) is 0.742. The third-order valence-corrected chi connectivity index (χ3v) is 13.2. The second-order valence-electron chi connectivity index (χ2n) is 16.9. The van der Waals surface area contributed by atoms with E-state index in [0.29, 0.717) is 5.84 Å². The topological polar surface area (TPSA) is 47.7 Å². The molecule has 0 radical (unpaired) electrons. The van der Waals surface area contributed by atoms with Crippen LogP contribution in [-0.4, -0.2) is 20.7 Å². The first kappa shape index (κ1) is 36.4. The number of hydrogen-bond donors (Lipinski definition) is 0. The molecule has 4 heterocycles. The highest BCUT2D eigenvalue weighted by Gasteiger charge is 2.26. The molecule has 0 bridgehead atoms. The lowest BCUT2D eigenvalue weighted by Crippen LogP contribution is -2.17. The maximum atomic E-state index is 6.64. The number of aromatic nitrogens is 2. The van der Waals surface area contributed by atoms with Gasteiger partial charge in [0.1, 0.15) is 11.2 Å². The van der Waals surface area contributed by atoms with Crippen LogP contribution >= 0.6 is 0 Å². The first-order valence-electron chi connectivity index (χ1n) is 22.0. The molecule has 64 heavy (non-hydrogen) atoms. The van der Waals surface area contributed by atoms with E-state index in [0.717, 1.165) is 84.4 Å². The summed E-state index contributed by atoms with van der Waals surface area (Å²) in [6.07, 6.45) is 3.07. The van der Waals surface area contributed by atoms with Crippen LogP contribution in [0.5, 0.6) is 0 Å². The van der Waals surface area contributed by atoms with E-state index in [4.69, 9.17) is 14.4 Å². The van der Waals surface area contributed by atoms with E-state index in [1.165, 1.54) is 37.8 Å². The molecule has 0 spiro atoms. The summed E-state index contributed by atoms with van der Waals surface area (Å²) in [6, 6.07) is 71.4. The molecule has 0 amide bonds. The van der Waals surface area contributed by atoms with Crippen LogP contribution in [-0.2, 0) is 0 Å². The third-order valence-electron chi connectivity index (χ3n) is 13.2. The molecule has 12 aromatic rings. The standard InChI is InChI=1S/C59H40N4O/c1-37-28-32-49(60-59(38-16-4-2-5-17-38)61-57(37)41-29-30-45-43-22-10-13-25-50(43)62(52(45)36-41)42-20-6-3-7-21-42)46-31-33-55-56(47-24-12-15-27-54(47)64-55)58(46)63-51-26-14-11-23-44(51)48-34-39-18-8-9-19-40(39)35-53(48)63/h2-27,29-37H,28H2,1H3/b49-32+,60-59?,61-57?. The zero-order valence-electron chi connectivity index (χ0n) is 35.1. The molecule has 0 N–H and O–H groups in total. The van der Waals surface area contributed by atoms with Crippen LogP contribution in [0.2, 0.25) is 0 Å². The van der Waals surface area contributed by atoms with Crippen LogP contribution in [0.25, 0.3) is 93.4 Å². The Kier molecular flexibility index (Phi) is 8.19. The van der Waals surface area contributed by atoms with Crippen LogP contribution in [0, 0.1) is 5.92 Å². The fraction of sp³-hybridized carbons (Fsp3) is 0.0508. The smallest absolute Gasteiger partial charge is 0.160 e. The van der Waals surface area contributed by atoms with Crippen LogP contribution in [0.4, 0.5) is 0 Å². The van der Waals surface area contributed by atoms with E-state index in [1.807, 2.05) is 6.07 Å². The minimum absolute atomic E-state index is 0.0674. The van der Waals surface area contributed by atoms with Gasteiger partial charge in [0.05, 0.1) is 44.5 Å². The first-order chi connectivity index (χ1) is 31.7. The summed E-state index contributed by atoms with van der Waals surface area (Å²) in [6.45, 7) is 2.30. The number of aliphatic imine (C=N–C) groups is 2. The Hall–Kier alpha value is -8.28. The lowest BCUT2D eigenvalue weighted by Gasteiger charge is -2.21. The van der Waals surface area contributed by atoms with Crippen molar-refractivity contribution in [2.75, 3.05) is 0 Å². The molecule has 3 aromatic heterocycles. The van der Waals surface area contributed by atoms with E-state index >= 15 is 0 Å². The molecule has 1 aliphatic rings. The number of rotatable bonds is 5. The summed E-state index contributed by atoms with van der Waals surface area (Å²) < 4.78 is 11.5. The fourth-order valence-corrected chi connectivity index (χ4v) is 10.2. The van der Waals surface area contributed by atoms with Crippen molar-refractivity contribution in [1.82, 2.24) is 9.13 Å². The minimum Gasteiger partial charge on any atom is -0.456 e. The van der Waals surface area contributed by atoms with Gasteiger partial charge < -0.3 is 13.6 Å². The Labute approximate surface area is 369 Å². The molecule has 1 atom stereocenters. The van der Waals surface area contributed by atoms with Gasteiger partial charge in [0.15, 0.2) is 5.84 Å². The fourth-order valence-electron chi connectivity index (χ4n) is 10.2. The van der Waals surface area contributed by atoms with Gasteiger partial charge in [0.2, 0.25) is 0 Å². The Balaban J connectivity index is 1.07. The van der Waals surface area contributed by atoms with Gasteiger partial charge >= 0.3 is 0 Å². The number of amidine groups is 1. The van der Waals surface area contributed by atoms with Gasteiger partial charge in [-0.2, -0.15) is 0 Å². The number of allylic oxidation sites excluding steroid dienone is 1. The average Bonchev–Trinajstić information content (AvgIpc) is 4.00. The summed E-state index contributed by atoms with van der Waals surface area (Å²) in [7, 11) is 0. The van der Waals surface area contributed by atoms with Crippen molar-refractivity contribution in [3.8, 4) is 11.4 Å². The molecule has 302 valence electrons. The van der Waals surface area contributed by atoms with Crippen LogP contribution in [0.15, 0.2) is 221 Å². The number of furan rings is 1. The monoisotopic (exact) mass is 820 g/mol. The Morgan fingerprint density at radius 1 is 0.469 bits per heavy atom. The third kappa shape index (κ3) is 5.64. The molecule has 0 saturated heterocycles. The lowest BCUT2D eigenvalue weighted by atomic mass is 9.92. The summed E-state index contributed by atoms with van der Waals surface area (Å²) in [4.78, 5) is 11.3. The Morgan fingerprint density at radius 2 is 1.09 bits per heavy atom. The highest BCUT2D eigenvalue weighted by molar-refractivity contribution is 6.20. The predicted molar refractivity (Wildman–Crippen MR) is 268 cm³/mol. The SMILES string of the molecule is CC1C/C=C(\c2ccc3oc4ccccc4c3c2-n2c3ccccc3c3cc4ccccc4cc32)N=C(c2ccccc2)N=C1c1ccc2c3ccccc3n(-c3ccccc3)c2c1. The molecule has 0 saturated carbocycles. The van der Waals surface area contributed by atoms with Crippen molar-refractivity contribution < 1.29 is 4.42 Å². The van der Waals surface area contributed by atoms with Gasteiger partial charge in [-0.25, -0.2) is 9.98 Å². The maximum absolute atomic E-state index is 6.64. The van der Waals surface area contributed by atoms with Gasteiger partial charge in [-0.3, -0.25) is 0 Å². The zero-order chi connectivity index (χ0) is 42.3. The molecular formula is C59H40N4O. The van der Waals surface area contributed by atoms with E-state index in [9.17, 15) is 0 Å². The molecule has 0 fully saturated rings. The maximum Gasteiger partial charge on any atom is 0.160 e. The number of hydrogen-bond acceptors (Lipinski definition) is 3. The van der Waals surface area contributed by atoms with Gasteiger partial charge in [0, 0.05) is 49.7 Å². The van der Waals surface area contributed by atoms with Crippen molar-refractivity contribution in [2.45, 2.75) is 13.3 Å². The van der Waals surface area contributed by atoms with Crippen LogP contribution < -0.4 is 0 Å². The number of nitrogens with zero attached hydrogens (tertiary/aromatic N) is 4. The van der Waals surface area contributed by atoms with Crippen LogP contribution in [0.1, 0.15) is 30.0 Å². The summed E-state index contributed by atoms with van der Waals surface area (Å²) in [5.41, 5.74) is 13.4. The molecule has 1 aliphatic heterocycles. The summed E-state index contributed by atoms with van der Waals surface area (Å²) in [5, 5.41) is 9.38. The van der Waals surface area contributed by atoms with E-state index < -0.39 is 0 Å². The number of fused-ring (bicyclic) bond motifs is 10. The van der Waals surface area contributed by atoms with Crippen molar-refractivity contribution in [3.63, 3.8) is 0 Å². The number of para-hydroxylation sites is 4. The van der Waals surface area contributed by atoms with E-state index in [1.54, 1.807) is 0 Å². The highest BCUT2D eigenvalue weighted by Crippen LogP contribution is 2.44. The normalized spacial score (nSPS) is 15.5. The van der Waals surface area contributed by atoms with E-state index in [2.05, 4.69) is 216 Å². The van der Waals surface area contributed by atoms with Gasteiger partial charge in [-0.1, -0.05) is 153 Å². The molecule has 0 aliphatic carbocycles. The number of benzene rings is 9. The molecule has 13 rings (SSSR count). The van der Waals surface area contributed by atoms with Crippen molar-refractivity contribution >= 4 is 93.6 Å². The second-order valence-corrected chi connectivity index (χ2v) is 16.9. The summed E-state index contributed by atoms with van der Waals surface area (Å²) >= 11 is 0. The largest absolute Gasteiger partial charge is 0.456 e. The molecular weight excluding hydrogens is 781 g/mol. The Bertz CT molecular complexity index is 3940. The lowest BCUT2D eigenvalue weighted by molar-refractivity contribution is 0.669. The molecule has 9 aromatic carbocycles. The van der Waals surface area contributed by atoms with Gasteiger partial charge in [-0.05, 0) is 83.4 Å². The first-order valence-corrected chi connectivity index (χ1v) is 22.0. The second kappa shape index (κ2) is 14.4. The molecule has 5 nitrogen and oxygen atoms in total. The highest BCUT2D eigenvalue weighted by atomic mass is 16.3. The Morgan fingerprint density at radius 3 is 1.89 bits per heavy atom. The van der Waals surface area contributed by atoms with Crippen LogP contribution in [0.3, 0.4) is 0 Å². The van der Waals surface area contributed by atoms with Crippen molar-refractivity contribution in [1.29, 1.82) is 0 Å². The van der Waals surface area contributed by atoms with E-state index in [-0.39, 0.29) is 5.92 Å². The quantitative estimate of drug-likeness (QED) is 0.171. The van der Waals surface area contributed by atoms with Crippen molar-refractivity contribution in [2.24, 2.45) is 15.9 Å².